The Kier molecular flexibility index (Phi) is 4.84. The van der Waals surface area contributed by atoms with Crippen molar-refractivity contribution in [3.05, 3.63) is 65.5 Å². The fourth-order valence-electron chi connectivity index (χ4n) is 3.57. The van der Waals surface area contributed by atoms with Crippen LogP contribution in [0.4, 0.5) is 4.39 Å². The van der Waals surface area contributed by atoms with Crippen LogP contribution in [-0.2, 0) is 5.41 Å². The lowest BCUT2D eigenvalue weighted by atomic mass is 9.79. The molecule has 0 atom stereocenters. The van der Waals surface area contributed by atoms with Gasteiger partial charge in [-0.3, -0.25) is 4.79 Å². The number of amides is 1. The Morgan fingerprint density at radius 2 is 1.88 bits per heavy atom. The van der Waals surface area contributed by atoms with Crippen molar-refractivity contribution in [2.75, 3.05) is 13.7 Å². The van der Waals surface area contributed by atoms with Crippen LogP contribution in [0.1, 0.15) is 41.6 Å². The maximum Gasteiger partial charge on any atom is 0.251 e. The number of methoxy groups -OCH3 is 1. The highest BCUT2D eigenvalue weighted by atomic mass is 19.1. The Morgan fingerprint density at radius 1 is 1.17 bits per heavy atom. The van der Waals surface area contributed by atoms with E-state index < -0.39 is 5.82 Å². The fourth-order valence-corrected chi connectivity index (χ4v) is 3.57. The van der Waals surface area contributed by atoms with Crippen LogP contribution in [0.25, 0.3) is 0 Å². The van der Waals surface area contributed by atoms with Crippen molar-refractivity contribution >= 4 is 5.91 Å². The normalized spacial score (nSPS) is 15.9. The van der Waals surface area contributed by atoms with E-state index in [1.807, 2.05) is 18.2 Å². The average molecular weight is 327 g/mol. The Bertz CT molecular complexity index is 709. The van der Waals surface area contributed by atoms with E-state index in [1.54, 1.807) is 6.07 Å². The predicted octanol–water partition coefficient (Wildman–Crippen LogP) is 4.08. The van der Waals surface area contributed by atoms with Crippen molar-refractivity contribution in [2.24, 2.45) is 0 Å². The van der Waals surface area contributed by atoms with Gasteiger partial charge in [0.05, 0.1) is 7.11 Å². The van der Waals surface area contributed by atoms with Crippen molar-refractivity contribution in [1.29, 1.82) is 0 Å². The molecule has 1 saturated carbocycles. The summed E-state index contributed by atoms with van der Waals surface area (Å²) in [5.41, 5.74) is 1.57. The summed E-state index contributed by atoms with van der Waals surface area (Å²) in [7, 11) is 1.40. The van der Waals surface area contributed by atoms with E-state index in [1.165, 1.54) is 37.6 Å². The molecule has 1 N–H and O–H groups in total. The van der Waals surface area contributed by atoms with Gasteiger partial charge in [-0.15, -0.1) is 0 Å². The van der Waals surface area contributed by atoms with E-state index in [2.05, 4.69) is 17.4 Å². The summed E-state index contributed by atoms with van der Waals surface area (Å²) in [5, 5.41) is 3.00. The molecule has 3 rings (SSSR count). The van der Waals surface area contributed by atoms with Gasteiger partial charge in [-0.05, 0) is 36.6 Å². The van der Waals surface area contributed by atoms with E-state index in [-0.39, 0.29) is 17.1 Å². The number of carbonyl (C=O) groups is 1. The summed E-state index contributed by atoms with van der Waals surface area (Å²) in [6, 6.07) is 14.6. The molecule has 126 valence electrons. The largest absolute Gasteiger partial charge is 0.494 e. The van der Waals surface area contributed by atoms with Crippen LogP contribution in [0.15, 0.2) is 48.5 Å². The third kappa shape index (κ3) is 3.28. The highest BCUT2D eigenvalue weighted by molar-refractivity contribution is 5.94. The lowest BCUT2D eigenvalue weighted by Gasteiger charge is -2.30. The van der Waals surface area contributed by atoms with E-state index in [4.69, 9.17) is 4.74 Å². The second kappa shape index (κ2) is 7.04. The number of hydrogen-bond donors (Lipinski definition) is 1. The molecule has 0 heterocycles. The highest BCUT2D eigenvalue weighted by Gasteiger charge is 2.35. The quantitative estimate of drug-likeness (QED) is 0.899. The Hall–Kier alpha value is -2.36. The fraction of sp³-hybridized carbons (Fsp3) is 0.350. The van der Waals surface area contributed by atoms with Gasteiger partial charge in [0.25, 0.3) is 5.91 Å². The molecule has 0 aromatic heterocycles. The summed E-state index contributed by atoms with van der Waals surface area (Å²) >= 11 is 0. The second-order valence-corrected chi connectivity index (χ2v) is 6.39. The standard InChI is InChI=1S/C20H22FNO2/c1-24-18-10-9-15(13-17(18)21)19(23)22-14-20(11-5-6-12-20)16-7-3-2-4-8-16/h2-4,7-10,13H,5-6,11-12,14H2,1H3,(H,22,23). The minimum Gasteiger partial charge on any atom is -0.494 e. The third-order valence-electron chi connectivity index (χ3n) is 4.95. The minimum atomic E-state index is -0.524. The van der Waals surface area contributed by atoms with E-state index >= 15 is 0 Å². The first-order valence-electron chi connectivity index (χ1n) is 8.32. The van der Waals surface area contributed by atoms with Gasteiger partial charge >= 0.3 is 0 Å². The van der Waals surface area contributed by atoms with Crippen molar-refractivity contribution in [1.82, 2.24) is 5.32 Å². The van der Waals surface area contributed by atoms with Crippen LogP contribution >= 0.6 is 0 Å². The van der Waals surface area contributed by atoms with E-state index in [9.17, 15) is 9.18 Å². The molecule has 0 spiro atoms. The summed E-state index contributed by atoms with van der Waals surface area (Å²) < 4.78 is 18.7. The molecule has 2 aromatic rings. The van der Waals surface area contributed by atoms with Gasteiger partial charge < -0.3 is 10.1 Å². The molecule has 3 nitrogen and oxygen atoms in total. The molecule has 0 saturated heterocycles. The van der Waals surface area contributed by atoms with Crippen LogP contribution in [0.3, 0.4) is 0 Å². The lowest BCUT2D eigenvalue weighted by Crippen LogP contribution is -2.39. The summed E-state index contributed by atoms with van der Waals surface area (Å²) in [5.74, 6) is -0.634. The van der Waals surface area contributed by atoms with Crippen molar-refractivity contribution in [2.45, 2.75) is 31.1 Å². The summed E-state index contributed by atoms with van der Waals surface area (Å²) in [6.07, 6.45) is 4.46. The molecule has 2 aromatic carbocycles. The SMILES string of the molecule is COc1ccc(C(=O)NCC2(c3ccccc3)CCCC2)cc1F. The number of hydrogen-bond acceptors (Lipinski definition) is 2. The Labute approximate surface area is 141 Å². The number of carbonyl (C=O) groups excluding carboxylic acids is 1. The first kappa shape index (κ1) is 16.5. The highest BCUT2D eigenvalue weighted by Crippen LogP contribution is 2.40. The van der Waals surface area contributed by atoms with E-state index in [0.29, 0.717) is 12.1 Å². The van der Waals surface area contributed by atoms with Crippen molar-refractivity contribution in [3.63, 3.8) is 0 Å². The van der Waals surface area contributed by atoms with Gasteiger partial charge in [-0.25, -0.2) is 4.39 Å². The zero-order chi connectivity index (χ0) is 17.0. The third-order valence-corrected chi connectivity index (χ3v) is 4.95. The molecule has 0 radical (unpaired) electrons. The monoisotopic (exact) mass is 327 g/mol. The zero-order valence-corrected chi connectivity index (χ0v) is 13.8. The Balaban J connectivity index is 1.73. The minimum absolute atomic E-state index is 0.0120. The van der Waals surface area contributed by atoms with Gasteiger partial charge in [0.2, 0.25) is 0 Å². The van der Waals surface area contributed by atoms with Crippen LogP contribution in [0.5, 0.6) is 5.75 Å². The topological polar surface area (TPSA) is 38.3 Å². The molecule has 0 aliphatic heterocycles. The van der Waals surface area contributed by atoms with E-state index in [0.717, 1.165) is 12.8 Å². The van der Waals surface area contributed by atoms with Gasteiger partial charge in [0, 0.05) is 17.5 Å². The maximum absolute atomic E-state index is 13.8. The van der Waals surface area contributed by atoms with Crippen LogP contribution in [0.2, 0.25) is 0 Å². The average Bonchev–Trinajstić information content (AvgIpc) is 3.10. The molecule has 1 fully saturated rings. The van der Waals surface area contributed by atoms with Crippen LogP contribution < -0.4 is 10.1 Å². The van der Waals surface area contributed by atoms with Gasteiger partial charge in [0.1, 0.15) is 0 Å². The predicted molar refractivity (Wildman–Crippen MR) is 91.9 cm³/mol. The van der Waals surface area contributed by atoms with Crippen LogP contribution in [0, 0.1) is 5.82 Å². The zero-order valence-electron chi connectivity index (χ0n) is 13.8. The maximum atomic E-state index is 13.8. The smallest absolute Gasteiger partial charge is 0.251 e. The number of benzene rings is 2. The number of ether oxygens (including phenoxy) is 1. The molecule has 4 heteroatoms. The molecule has 0 bridgehead atoms. The number of halogens is 1. The molecule has 0 unspecified atom stereocenters. The molecular formula is C20H22FNO2. The number of nitrogens with one attached hydrogen (secondary N) is 1. The first-order chi connectivity index (χ1) is 11.6. The van der Waals surface area contributed by atoms with Gasteiger partial charge in [-0.2, -0.15) is 0 Å². The summed E-state index contributed by atoms with van der Waals surface area (Å²) in [4.78, 5) is 12.4. The van der Waals surface area contributed by atoms with Crippen LogP contribution in [-0.4, -0.2) is 19.6 Å². The molecule has 24 heavy (non-hydrogen) atoms. The van der Waals surface area contributed by atoms with Gasteiger partial charge in [-0.1, -0.05) is 43.2 Å². The molecule has 1 aliphatic rings. The van der Waals surface area contributed by atoms with Crippen molar-refractivity contribution < 1.29 is 13.9 Å². The second-order valence-electron chi connectivity index (χ2n) is 6.39. The summed E-state index contributed by atoms with van der Waals surface area (Å²) in [6.45, 7) is 0.573. The molecule has 1 amide bonds. The van der Waals surface area contributed by atoms with Gasteiger partial charge in [0.15, 0.2) is 11.6 Å². The number of rotatable bonds is 5. The molecular weight excluding hydrogens is 305 g/mol. The lowest BCUT2D eigenvalue weighted by molar-refractivity contribution is 0.0942. The Morgan fingerprint density at radius 3 is 2.50 bits per heavy atom. The first-order valence-corrected chi connectivity index (χ1v) is 8.32. The van der Waals surface area contributed by atoms with Crippen molar-refractivity contribution in [3.8, 4) is 5.75 Å². The molecule has 1 aliphatic carbocycles.